The highest BCUT2D eigenvalue weighted by Crippen LogP contribution is 2.65. The normalized spacial score (nSPS) is 30.2. The Balaban J connectivity index is 0.902. The van der Waals surface area contributed by atoms with Crippen LogP contribution >= 0.6 is 35.3 Å². The third-order valence-electron chi connectivity index (χ3n) is 19.3. The average Bonchev–Trinajstić information content (AvgIpc) is 1.53. The van der Waals surface area contributed by atoms with E-state index in [9.17, 15) is 29.2 Å². The molecule has 6 fully saturated rings. The number of hydrogen-bond acceptors (Lipinski definition) is 22. The van der Waals surface area contributed by atoms with Crippen molar-refractivity contribution >= 4 is 71.4 Å². The Morgan fingerprint density at radius 3 is 2.07 bits per heavy atom. The number of methoxy groups -OCH3 is 2. The summed E-state index contributed by atoms with van der Waals surface area (Å²) in [4.78, 5) is 86.6. The van der Waals surface area contributed by atoms with Crippen LogP contribution in [0.25, 0.3) is 0 Å². The molecule has 476 valence electrons. The number of benzene rings is 3. The van der Waals surface area contributed by atoms with Gasteiger partial charge < -0.3 is 63.9 Å². The number of aryl methyl sites for hydroxylation is 1. The standard InChI is InChI=1S/C63H76N8O15S3/c1-29-19-32-20-36-37(23-64)71-38-24-80-58(74)63(33-22-39(78-7)40(21-31(33)17-18-65-63)83-61(77)86-62(3,4)5)27-89-57(47-46(38)55-54(81-28-82-55)30(2)53(47)84-43(72)15-11-9-13-41-48-34(25-87-41)66-59(75)68-48)51(71)50(70(36)6)45(32)56(52(29)79-8)85-44(73)16-12-10-14-42-49-35(26-88-42)67-60(76)69-49/h19,21-22,34-38,41-42,48-51,57,65H,9-18,20,24-28H2,1-8H3,(H2,66,68,75)(H2,67,69,76)/t34?,35?,36-,37+,38-,41?,42?,48?,49?,50+,51?,57-,63-/m1/s1. The topological polar surface area (TPSA) is 276 Å². The Kier molecular flexibility index (Phi) is 16.7. The maximum atomic E-state index is 15.6. The van der Waals surface area contributed by atoms with E-state index in [2.05, 4.69) is 48.5 Å². The summed E-state index contributed by atoms with van der Waals surface area (Å²) in [6.45, 7) is 8.90. The molecule has 1 spiro atoms. The number of ether oxygens (including phenoxy) is 9. The number of piperazine rings is 1. The fourth-order valence-corrected chi connectivity index (χ4v) is 20.2. The number of carbonyl (C=O) groups is 6. The fourth-order valence-electron chi connectivity index (χ4n) is 15.4. The zero-order valence-corrected chi connectivity index (χ0v) is 53.6. The second kappa shape index (κ2) is 24.3. The van der Waals surface area contributed by atoms with Gasteiger partial charge in [0.05, 0.1) is 61.8 Å². The van der Waals surface area contributed by atoms with E-state index in [0.717, 1.165) is 53.9 Å². The van der Waals surface area contributed by atoms with Gasteiger partial charge in [-0.15, -0.1) is 11.8 Å². The highest BCUT2D eigenvalue weighted by Gasteiger charge is 2.62. The largest absolute Gasteiger partial charge is 0.514 e. The molecule has 0 aliphatic carbocycles. The van der Waals surface area contributed by atoms with Crippen LogP contribution in [0.1, 0.15) is 134 Å². The summed E-state index contributed by atoms with van der Waals surface area (Å²) in [5.74, 6) is 2.29. The van der Waals surface area contributed by atoms with Gasteiger partial charge in [0.25, 0.3) is 0 Å². The Hall–Kier alpha value is -6.50. The predicted octanol–water partition coefficient (Wildman–Crippen LogP) is 7.23. The highest BCUT2D eigenvalue weighted by atomic mass is 32.2. The first kappa shape index (κ1) is 61.4. The van der Waals surface area contributed by atoms with Gasteiger partial charge in [-0.1, -0.05) is 18.9 Å². The Morgan fingerprint density at radius 1 is 0.764 bits per heavy atom. The van der Waals surface area contributed by atoms with E-state index >= 15 is 4.79 Å². The summed E-state index contributed by atoms with van der Waals surface area (Å²) in [5.41, 5.74) is 3.01. The first-order valence-corrected chi connectivity index (χ1v) is 33.9. The molecular weight excluding hydrogens is 1200 g/mol. The molecule has 7 unspecified atom stereocenters. The van der Waals surface area contributed by atoms with Gasteiger partial charge in [0, 0.05) is 81.5 Å². The molecule has 89 heavy (non-hydrogen) atoms. The first-order valence-electron chi connectivity index (χ1n) is 30.8. The van der Waals surface area contributed by atoms with E-state index < -0.39 is 70.7 Å². The van der Waals surface area contributed by atoms with Crippen LogP contribution < -0.4 is 59.7 Å². The lowest BCUT2D eigenvalue weighted by Crippen LogP contribution is -2.69. The monoisotopic (exact) mass is 1280 g/mol. The smallest absolute Gasteiger partial charge is 0.493 e. The van der Waals surface area contributed by atoms with Crippen molar-refractivity contribution in [1.82, 2.24) is 36.4 Å². The maximum absolute atomic E-state index is 15.6. The lowest BCUT2D eigenvalue weighted by atomic mass is 9.71. The summed E-state index contributed by atoms with van der Waals surface area (Å²) >= 11 is 5.10. The molecule has 23 nitrogen and oxygen atoms in total. The SMILES string of the molecule is COc1cc2c(cc1OC(=O)OC(C)(C)C)CCN[C@]21CS[C@@H]2c3c(OC(=O)CCCCC4SCC5NC(=O)NC54)c(C)c4c(c3[C@@H](COC1=O)N1C2[C@@H]2c3c(cc(C)c(OC)c3OC(=O)CCCCC3SCC5NC(=O)NC53)C[C@H]([C@@H]1C#N)N2C)OCO4. The van der Waals surface area contributed by atoms with Crippen molar-refractivity contribution in [3.63, 3.8) is 0 Å². The molecular formula is C63H76N8O15S3. The molecule has 11 aliphatic heterocycles. The van der Waals surface area contributed by atoms with Crippen LogP contribution in [-0.2, 0) is 42.2 Å². The quantitative estimate of drug-likeness (QED) is 0.0330. The van der Waals surface area contributed by atoms with Crippen molar-refractivity contribution in [2.45, 2.75) is 180 Å². The number of carbonyl (C=O) groups excluding carboxylic acids is 6. The van der Waals surface area contributed by atoms with Crippen LogP contribution in [0.15, 0.2) is 18.2 Å². The van der Waals surface area contributed by atoms with Crippen molar-refractivity contribution in [1.29, 1.82) is 5.26 Å². The number of amides is 4. The maximum Gasteiger partial charge on any atom is 0.514 e. The molecule has 4 bridgehead atoms. The number of nitrogens with one attached hydrogen (secondary N) is 5. The van der Waals surface area contributed by atoms with Crippen LogP contribution in [0.5, 0.6) is 40.2 Å². The third kappa shape index (κ3) is 11.0. The van der Waals surface area contributed by atoms with E-state index in [1.807, 2.05) is 44.4 Å². The number of rotatable bonds is 15. The molecule has 6 saturated heterocycles. The van der Waals surface area contributed by atoms with Gasteiger partial charge in [-0.25, -0.2) is 19.2 Å². The first-order chi connectivity index (χ1) is 42.8. The molecule has 13 atom stereocenters. The van der Waals surface area contributed by atoms with Crippen molar-refractivity contribution in [2.24, 2.45) is 0 Å². The highest BCUT2D eigenvalue weighted by molar-refractivity contribution is 8.00. The average molecular weight is 1280 g/mol. The van der Waals surface area contributed by atoms with Gasteiger partial charge in [-0.3, -0.25) is 24.7 Å². The molecule has 3 aromatic carbocycles. The Morgan fingerprint density at radius 2 is 1.43 bits per heavy atom. The van der Waals surface area contributed by atoms with E-state index in [4.69, 9.17) is 42.6 Å². The number of nitrogens with zero attached hydrogens (tertiary/aromatic N) is 3. The zero-order valence-electron chi connectivity index (χ0n) is 51.2. The number of unbranched alkanes of at least 4 members (excludes halogenated alkanes) is 2. The number of thioether (sulfide) groups is 3. The molecule has 3 aromatic rings. The van der Waals surface area contributed by atoms with Gasteiger partial charge in [0.2, 0.25) is 6.79 Å². The van der Waals surface area contributed by atoms with E-state index in [-0.39, 0.29) is 96.0 Å². The van der Waals surface area contributed by atoms with Gasteiger partial charge >= 0.3 is 36.1 Å². The minimum Gasteiger partial charge on any atom is -0.493 e. The molecule has 0 radical (unpaired) electrons. The Bertz CT molecular complexity index is 3450. The second-order valence-electron chi connectivity index (χ2n) is 25.7. The molecule has 14 rings (SSSR count). The number of nitriles is 1. The minimum atomic E-state index is -1.54. The summed E-state index contributed by atoms with van der Waals surface area (Å²) in [6.07, 6.45) is 4.34. The number of urea groups is 2. The molecule has 5 N–H and O–H groups in total. The van der Waals surface area contributed by atoms with Crippen LogP contribution in [0.2, 0.25) is 0 Å². The molecule has 0 aromatic heterocycles. The van der Waals surface area contributed by atoms with Crippen molar-refractivity contribution < 1.29 is 71.4 Å². The van der Waals surface area contributed by atoms with Crippen LogP contribution in [0, 0.1) is 25.2 Å². The summed E-state index contributed by atoms with van der Waals surface area (Å²) in [6, 6.07) is 4.72. The van der Waals surface area contributed by atoms with Gasteiger partial charge in [-0.05, 0) is 115 Å². The molecule has 0 saturated carbocycles. The van der Waals surface area contributed by atoms with Crippen molar-refractivity contribution in [2.75, 3.05) is 58.5 Å². The number of esters is 3. The van der Waals surface area contributed by atoms with E-state index in [1.54, 1.807) is 40.0 Å². The zero-order chi connectivity index (χ0) is 62.4. The summed E-state index contributed by atoms with van der Waals surface area (Å²) in [7, 11) is 5.02. The molecule has 11 heterocycles. The lowest BCUT2D eigenvalue weighted by molar-refractivity contribution is -0.157. The molecule has 26 heteroatoms. The summed E-state index contributed by atoms with van der Waals surface area (Å²) in [5, 5.41) is 27.2. The number of fused-ring (bicyclic) bond motifs is 11. The third-order valence-corrected chi connectivity index (χ3v) is 23.8. The summed E-state index contributed by atoms with van der Waals surface area (Å²) < 4.78 is 56.4. The van der Waals surface area contributed by atoms with Crippen LogP contribution in [0.4, 0.5) is 14.4 Å². The van der Waals surface area contributed by atoms with Crippen LogP contribution in [-0.4, -0.2) is 163 Å². The van der Waals surface area contributed by atoms with Gasteiger partial charge in [0.1, 0.15) is 24.0 Å². The lowest BCUT2D eigenvalue weighted by Gasteiger charge is -2.62. The van der Waals surface area contributed by atoms with Crippen LogP contribution in [0.3, 0.4) is 0 Å². The Labute approximate surface area is 529 Å². The van der Waals surface area contributed by atoms with Crippen molar-refractivity contribution in [3.8, 4) is 46.3 Å². The number of hydrogen-bond donors (Lipinski definition) is 5. The minimum absolute atomic E-state index is 0.0257. The second-order valence-corrected chi connectivity index (χ2v) is 29.4. The van der Waals surface area contributed by atoms with Crippen molar-refractivity contribution in [3.05, 3.63) is 62.7 Å². The molecule has 11 aliphatic rings. The predicted molar refractivity (Wildman–Crippen MR) is 329 cm³/mol. The van der Waals surface area contributed by atoms with E-state index in [0.29, 0.717) is 83.0 Å². The van der Waals surface area contributed by atoms with Gasteiger partial charge in [-0.2, -0.15) is 28.8 Å². The fraction of sp³-hybridized carbons (Fsp3) is 0.603. The number of likely N-dealkylation sites (N-methyl/N-ethyl adjacent to an activating group) is 1. The van der Waals surface area contributed by atoms with Gasteiger partial charge in [0.15, 0.2) is 40.0 Å². The van der Waals surface area contributed by atoms with E-state index in [1.165, 1.54) is 18.9 Å². The molecule has 4 amide bonds.